The second-order valence-corrected chi connectivity index (χ2v) is 5.74. The monoisotopic (exact) mass is 301 g/mol. The predicted molar refractivity (Wildman–Crippen MR) is 85.7 cm³/mol. The van der Waals surface area contributed by atoms with Crippen molar-refractivity contribution in [1.29, 1.82) is 5.26 Å². The molecule has 1 aromatic carbocycles. The molecule has 4 heteroatoms. The Morgan fingerprint density at radius 2 is 2.00 bits per heavy atom. The first-order valence-corrected chi connectivity index (χ1v) is 7.74. The van der Waals surface area contributed by atoms with Gasteiger partial charge in [-0.05, 0) is 37.1 Å². The molecule has 2 aromatic heterocycles. The molecule has 1 aliphatic rings. The zero-order valence-corrected chi connectivity index (χ0v) is 12.6. The van der Waals surface area contributed by atoms with Gasteiger partial charge in [0.1, 0.15) is 11.8 Å². The highest BCUT2D eigenvalue weighted by atomic mass is 16.4. The molecule has 1 atom stereocenters. The van der Waals surface area contributed by atoms with Crippen LogP contribution < -0.4 is 0 Å². The summed E-state index contributed by atoms with van der Waals surface area (Å²) in [6.45, 7) is 0. The summed E-state index contributed by atoms with van der Waals surface area (Å²) >= 11 is 0. The molecular weight excluding hydrogens is 286 g/mol. The molecule has 23 heavy (non-hydrogen) atoms. The van der Waals surface area contributed by atoms with Crippen LogP contribution in [0.4, 0.5) is 0 Å². The SMILES string of the molecule is N#Cc1cccnc1C1CCc2nc(-c3ccccc3)oc2C1. The first-order valence-electron chi connectivity index (χ1n) is 7.74. The maximum Gasteiger partial charge on any atom is 0.226 e. The van der Waals surface area contributed by atoms with Crippen molar-refractivity contribution in [2.45, 2.75) is 25.2 Å². The fourth-order valence-corrected chi connectivity index (χ4v) is 3.15. The lowest BCUT2D eigenvalue weighted by atomic mass is 9.86. The lowest BCUT2D eigenvalue weighted by Gasteiger charge is -2.20. The number of fused-ring (bicyclic) bond motifs is 1. The summed E-state index contributed by atoms with van der Waals surface area (Å²) in [4.78, 5) is 9.07. The van der Waals surface area contributed by atoms with Crippen LogP contribution in [0, 0.1) is 11.3 Å². The van der Waals surface area contributed by atoms with Gasteiger partial charge in [-0.25, -0.2) is 4.98 Å². The van der Waals surface area contributed by atoms with Crippen molar-refractivity contribution in [1.82, 2.24) is 9.97 Å². The average molecular weight is 301 g/mol. The van der Waals surface area contributed by atoms with Crippen molar-refractivity contribution >= 4 is 0 Å². The topological polar surface area (TPSA) is 62.7 Å². The average Bonchev–Trinajstić information content (AvgIpc) is 3.05. The summed E-state index contributed by atoms with van der Waals surface area (Å²) in [5, 5.41) is 9.27. The first kappa shape index (κ1) is 13.7. The van der Waals surface area contributed by atoms with E-state index in [9.17, 15) is 5.26 Å². The van der Waals surface area contributed by atoms with Crippen molar-refractivity contribution in [2.24, 2.45) is 0 Å². The Balaban J connectivity index is 1.65. The van der Waals surface area contributed by atoms with Crippen molar-refractivity contribution in [3.05, 3.63) is 71.4 Å². The van der Waals surface area contributed by atoms with E-state index in [4.69, 9.17) is 4.42 Å². The third-order valence-corrected chi connectivity index (χ3v) is 4.31. The number of pyridine rings is 1. The summed E-state index contributed by atoms with van der Waals surface area (Å²) in [6, 6.07) is 15.8. The zero-order chi connectivity index (χ0) is 15.6. The maximum absolute atomic E-state index is 9.27. The van der Waals surface area contributed by atoms with Gasteiger partial charge in [-0.1, -0.05) is 18.2 Å². The molecule has 0 fully saturated rings. The van der Waals surface area contributed by atoms with Gasteiger partial charge >= 0.3 is 0 Å². The second-order valence-electron chi connectivity index (χ2n) is 5.74. The van der Waals surface area contributed by atoms with E-state index in [-0.39, 0.29) is 5.92 Å². The van der Waals surface area contributed by atoms with Crippen LogP contribution in [0.3, 0.4) is 0 Å². The maximum atomic E-state index is 9.27. The minimum absolute atomic E-state index is 0.218. The van der Waals surface area contributed by atoms with E-state index in [1.54, 1.807) is 12.3 Å². The van der Waals surface area contributed by atoms with Gasteiger partial charge in [0, 0.05) is 24.1 Å². The molecule has 0 radical (unpaired) electrons. The van der Waals surface area contributed by atoms with Crippen LogP contribution in [0.15, 0.2) is 53.1 Å². The number of rotatable bonds is 2. The number of hydrogen-bond donors (Lipinski definition) is 0. The van der Waals surface area contributed by atoms with Gasteiger partial charge in [0.2, 0.25) is 5.89 Å². The van der Waals surface area contributed by atoms with Gasteiger partial charge in [-0.3, -0.25) is 4.98 Å². The van der Waals surface area contributed by atoms with E-state index < -0.39 is 0 Å². The Hall–Kier alpha value is -2.93. The fraction of sp³-hybridized carbons (Fsp3) is 0.211. The molecule has 3 aromatic rings. The quantitative estimate of drug-likeness (QED) is 0.720. The smallest absolute Gasteiger partial charge is 0.226 e. The van der Waals surface area contributed by atoms with E-state index in [1.165, 1.54) is 0 Å². The molecule has 1 aliphatic carbocycles. The minimum Gasteiger partial charge on any atom is -0.441 e. The minimum atomic E-state index is 0.218. The molecule has 2 heterocycles. The Morgan fingerprint density at radius 3 is 2.83 bits per heavy atom. The van der Waals surface area contributed by atoms with Crippen LogP contribution in [0.2, 0.25) is 0 Å². The third-order valence-electron chi connectivity index (χ3n) is 4.31. The number of nitrogens with zero attached hydrogens (tertiary/aromatic N) is 3. The molecule has 0 amide bonds. The number of hydrogen-bond acceptors (Lipinski definition) is 4. The predicted octanol–water partition coefficient (Wildman–Crippen LogP) is 3.88. The molecular formula is C19H15N3O. The highest BCUT2D eigenvalue weighted by molar-refractivity contribution is 5.53. The number of aromatic nitrogens is 2. The van der Waals surface area contributed by atoms with Gasteiger partial charge in [0.05, 0.1) is 17.0 Å². The van der Waals surface area contributed by atoms with Gasteiger partial charge < -0.3 is 4.42 Å². The second kappa shape index (κ2) is 5.69. The normalized spacial score (nSPS) is 16.6. The summed E-state index contributed by atoms with van der Waals surface area (Å²) in [5.74, 6) is 1.82. The third kappa shape index (κ3) is 2.51. The Labute approximate surface area is 134 Å². The Bertz CT molecular complexity index is 877. The van der Waals surface area contributed by atoms with E-state index in [0.717, 1.165) is 42.0 Å². The lowest BCUT2D eigenvalue weighted by Crippen LogP contribution is -2.14. The molecule has 112 valence electrons. The summed E-state index contributed by atoms with van der Waals surface area (Å²) in [5.41, 5.74) is 3.56. The van der Waals surface area contributed by atoms with Crippen LogP contribution >= 0.6 is 0 Å². The zero-order valence-electron chi connectivity index (χ0n) is 12.6. The van der Waals surface area contributed by atoms with Crippen LogP contribution in [-0.4, -0.2) is 9.97 Å². The molecule has 0 aliphatic heterocycles. The summed E-state index contributed by atoms with van der Waals surface area (Å²) < 4.78 is 6.00. The lowest BCUT2D eigenvalue weighted by molar-refractivity contribution is 0.453. The number of aryl methyl sites for hydroxylation is 1. The van der Waals surface area contributed by atoms with Crippen molar-refractivity contribution in [3.63, 3.8) is 0 Å². The molecule has 0 saturated carbocycles. The Kier molecular flexibility index (Phi) is 3.39. The van der Waals surface area contributed by atoms with Gasteiger partial charge in [-0.2, -0.15) is 5.26 Å². The highest BCUT2D eigenvalue weighted by Gasteiger charge is 2.27. The van der Waals surface area contributed by atoms with Gasteiger partial charge in [-0.15, -0.1) is 0 Å². The molecule has 1 unspecified atom stereocenters. The molecule has 0 bridgehead atoms. The largest absolute Gasteiger partial charge is 0.441 e. The van der Waals surface area contributed by atoms with Crippen molar-refractivity contribution < 1.29 is 4.42 Å². The van der Waals surface area contributed by atoms with E-state index in [0.29, 0.717) is 11.5 Å². The van der Waals surface area contributed by atoms with E-state index in [1.807, 2.05) is 36.4 Å². The first-order chi connectivity index (χ1) is 11.3. The van der Waals surface area contributed by atoms with E-state index >= 15 is 0 Å². The summed E-state index contributed by atoms with van der Waals surface area (Å²) in [7, 11) is 0. The van der Waals surface area contributed by atoms with Crippen molar-refractivity contribution in [3.8, 4) is 17.5 Å². The van der Waals surface area contributed by atoms with Crippen LogP contribution in [0.1, 0.15) is 35.1 Å². The summed E-state index contributed by atoms with van der Waals surface area (Å²) in [6.07, 6.45) is 4.31. The molecule has 0 saturated heterocycles. The van der Waals surface area contributed by atoms with Crippen LogP contribution in [0.25, 0.3) is 11.5 Å². The van der Waals surface area contributed by atoms with E-state index in [2.05, 4.69) is 16.0 Å². The fourth-order valence-electron chi connectivity index (χ4n) is 3.15. The highest BCUT2D eigenvalue weighted by Crippen LogP contribution is 2.35. The molecule has 4 rings (SSSR count). The number of nitriles is 1. The standard InChI is InChI=1S/C19H15N3O/c20-12-15-7-4-10-21-18(15)14-8-9-16-17(11-14)23-19(22-16)13-5-2-1-3-6-13/h1-7,10,14H,8-9,11H2. The molecule has 0 spiro atoms. The van der Waals surface area contributed by atoms with Crippen molar-refractivity contribution in [2.75, 3.05) is 0 Å². The molecule has 4 nitrogen and oxygen atoms in total. The Morgan fingerprint density at radius 1 is 1.13 bits per heavy atom. The van der Waals surface area contributed by atoms with Gasteiger partial charge in [0.25, 0.3) is 0 Å². The van der Waals surface area contributed by atoms with Gasteiger partial charge in [0.15, 0.2) is 0 Å². The van der Waals surface area contributed by atoms with Crippen LogP contribution in [-0.2, 0) is 12.8 Å². The number of oxazole rings is 1. The van der Waals surface area contributed by atoms with Crippen LogP contribution in [0.5, 0.6) is 0 Å². The molecule has 0 N–H and O–H groups in total. The number of benzene rings is 1.